The molecule has 0 fully saturated rings. The Kier molecular flexibility index (Phi) is 4.68. The third kappa shape index (κ3) is 3.27. The molecular formula is C22H19N3O3. The molecule has 6 heteroatoms. The van der Waals surface area contributed by atoms with E-state index < -0.39 is 0 Å². The molecule has 3 aromatic carbocycles. The first-order chi connectivity index (χ1) is 13.7. The lowest BCUT2D eigenvalue weighted by atomic mass is 10.1. The van der Waals surface area contributed by atoms with Gasteiger partial charge in [-0.2, -0.15) is 0 Å². The minimum atomic E-state index is 0.00705. The van der Waals surface area contributed by atoms with E-state index in [4.69, 9.17) is 9.47 Å². The number of anilines is 2. The topological polar surface area (TPSA) is 76.5 Å². The maximum atomic E-state index is 10.5. The lowest BCUT2D eigenvalue weighted by molar-refractivity contribution is 0.374. The number of aromatic hydroxyl groups is 1. The number of benzene rings is 3. The normalized spacial score (nSPS) is 10.6. The van der Waals surface area contributed by atoms with Gasteiger partial charge in [0.1, 0.15) is 11.6 Å². The molecule has 0 aliphatic rings. The van der Waals surface area contributed by atoms with E-state index in [1.807, 2.05) is 48.5 Å². The van der Waals surface area contributed by atoms with Gasteiger partial charge < -0.3 is 19.9 Å². The standard InChI is InChI=1S/C22H19N3O3/c1-27-15-8-5-7-14(13-15)23-21-16-9-3-4-11-18(16)24-22(25-21)17-10-6-12-19(28-2)20(17)26/h3-13,26H,1-2H3,(H,23,24,25). The summed E-state index contributed by atoms with van der Waals surface area (Å²) in [4.78, 5) is 9.31. The third-order valence-corrected chi connectivity index (χ3v) is 4.40. The summed E-state index contributed by atoms with van der Waals surface area (Å²) >= 11 is 0. The molecule has 0 saturated heterocycles. The Morgan fingerprint density at radius 2 is 1.68 bits per heavy atom. The lowest BCUT2D eigenvalue weighted by Crippen LogP contribution is -2.00. The Labute approximate surface area is 162 Å². The van der Waals surface area contributed by atoms with Gasteiger partial charge in [-0.1, -0.05) is 24.3 Å². The largest absolute Gasteiger partial charge is 0.504 e. The van der Waals surface area contributed by atoms with Crippen LogP contribution in [0.1, 0.15) is 0 Å². The van der Waals surface area contributed by atoms with Crippen LogP contribution in [0.25, 0.3) is 22.3 Å². The van der Waals surface area contributed by atoms with Gasteiger partial charge in [-0.3, -0.25) is 0 Å². The van der Waals surface area contributed by atoms with Crippen molar-refractivity contribution in [3.8, 4) is 28.6 Å². The summed E-state index contributed by atoms with van der Waals surface area (Å²) < 4.78 is 10.5. The van der Waals surface area contributed by atoms with Gasteiger partial charge in [0.15, 0.2) is 17.3 Å². The fraction of sp³-hybridized carbons (Fsp3) is 0.0909. The third-order valence-electron chi connectivity index (χ3n) is 4.40. The Balaban J connectivity index is 1.86. The molecule has 28 heavy (non-hydrogen) atoms. The summed E-state index contributed by atoms with van der Waals surface area (Å²) in [5, 5.41) is 14.7. The highest BCUT2D eigenvalue weighted by Crippen LogP contribution is 2.37. The number of hydrogen-bond donors (Lipinski definition) is 2. The molecule has 140 valence electrons. The summed E-state index contributed by atoms with van der Waals surface area (Å²) in [5.41, 5.74) is 2.10. The molecule has 0 unspecified atom stereocenters. The second kappa shape index (κ2) is 7.44. The monoisotopic (exact) mass is 373 g/mol. The molecule has 0 radical (unpaired) electrons. The van der Waals surface area contributed by atoms with Gasteiger partial charge in [0.2, 0.25) is 0 Å². The van der Waals surface area contributed by atoms with E-state index in [-0.39, 0.29) is 5.75 Å². The smallest absolute Gasteiger partial charge is 0.168 e. The maximum Gasteiger partial charge on any atom is 0.168 e. The van der Waals surface area contributed by atoms with E-state index in [1.54, 1.807) is 25.3 Å². The molecule has 0 bridgehead atoms. The SMILES string of the molecule is COc1cccc(Nc2nc(-c3cccc(OC)c3O)nc3ccccc23)c1. The number of hydrogen-bond acceptors (Lipinski definition) is 6. The molecule has 1 aromatic heterocycles. The van der Waals surface area contributed by atoms with Crippen LogP contribution in [0.15, 0.2) is 66.7 Å². The van der Waals surface area contributed by atoms with Crippen LogP contribution in [0, 0.1) is 0 Å². The first-order valence-corrected chi connectivity index (χ1v) is 8.74. The number of phenolic OH excluding ortho intramolecular Hbond substituents is 1. The van der Waals surface area contributed by atoms with E-state index in [2.05, 4.69) is 15.3 Å². The van der Waals surface area contributed by atoms with Crippen molar-refractivity contribution in [1.82, 2.24) is 9.97 Å². The average molecular weight is 373 g/mol. The maximum absolute atomic E-state index is 10.5. The second-order valence-electron chi connectivity index (χ2n) is 6.13. The van der Waals surface area contributed by atoms with E-state index in [0.29, 0.717) is 23.0 Å². The van der Waals surface area contributed by atoms with Crippen molar-refractivity contribution >= 4 is 22.4 Å². The van der Waals surface area contributed by atoms with E-state index in [0.717, 1.165) is 22.3 Å². The fourth-order valence-corrected chi connectivity index (χ4v) is 3.00. The van der Waals surface area contributed by atoms with Crippen molar-refractivity contribution in [3.05, 3.63) is 66.7 Å². The van der Waals surface area contributed by atoms with Gasteiger partial charge in [-0.15, -0.1) is 0 Å². The number of phenols is 1. The lowest BCUT2D eigenvalue weighted by Gasteiger charge is -2.13. The first kappa shape index (κ1) is 17.6. The molecule has 0 amide bonds. The van der Waals surface area contributed by atoms with Gasteiger partial charge in [0, 0.05) is 17.1 Å². The minimum Gasteiger partial charge on any atom is -0.504 e. The van der Waals surface area contributed by atoms with Gasteiger partial charge in [-0.25, -0.2) is 9.97 Å². The van der Waals surface area contributed by atoms with Crippen LogP contribution in [-0.4, -0.2) is 29.3 Å². The Hall–Kier alpha value is -3.80. The highest BCUT2D eigenvalue weighted by Gasteiger charge is 2.15. The van der Waals surface area contributed by atoms with Crippen LogP contribution >= 0.6 is 0 Å². The number of nitrogens with zero attached hydrogens (tertiary/aromatic N) is 2. The molecule has 6 nitrogen and oxygen atoms in total. The summed E-state index contributed by atoms with van der Waals surface area (Å²) in [6.07, 6.45) is 0. The Morgan fingerprint density at radius 1 is 0.857 bits per heavy atom. The summed E-state index contributed by atoms with van der Waals surface area (Å²) in [6, 6.07) is 20.6. The van der Waals surface area contributed by atoms with Gasteiger partial charge >= 0.3 is 0 Å². The number of fused-ring (bicyclic) bond motifs is 1. The van der Waals surface area contributed by atoms with E-state index >= 15 is 0 Å². The van der Waals surface area contributed by atoms with Crippen molar-refractivity contribution in [3.63, 3.8) is 0 Å². The number of nitrogens with one attached hydrogen (secondary N) is 1. The minimum absolute atomic E-state index is 0.00705. The molecular weight excluding hydrogens is 354 g/mol. The summed E-state index contributed by atoms with van der Waals surface area (Å²) in [7, 11) is 3.14. The van der Waals surface area contributed by atoms with Crippen molar-refractivity contribution in [2.24, 2.45) is 0 Å². The zero-order chi connectivity index (χ0) is 19.5. The van der Waals surface area contributed by atoms with Crippen molar-refractivity contribution in [2.75, 3.05) is 19.5 Å². The number of ether oxygens (including phenoxy) is 2. The van der Waals surface area contributed by atoms with Crippen LogP contribution in [0.5, 0.6) is 17.2 Å². The highest BCUT2D eigenvalue weighted by molar-refractivity contribution is 5.92. The van der Waals surface area contributed by atoms with Crippen LogP contribution in [-0.2, 0) is 0 Å². The summed E-state index contributed by atoms with van der Waals surface area (Å²) in [5.74, 6) is 2.16. The van der Waals surface area contributed by atoms with E-state index in [9.17, 15) is 5.11 Å². The number of aromatic nitrogens is 2. The van der Waals surface area contributed by atoms with Crippen LogP contribution < -0.4 is 14.8 Å². The fourth-order valence-electron chi connectivity index (χ4n) is 3.00. The van der Waals surface area contributed by atoms with Crippen LogP contribution in [0.3, 0.4) is 0 Å². The van der Waals surface area contributed by atoms with E-state index in [1.165, 1.54) is 7.11 Å². The molecule has 0 atom stereocenters. The van der Waals surface area contributed by atoms with Crippen molar-refractivity contribution in [1.29, 1.82) is 0 Å². The highest BCUT2D eigenvalue weighted by atomic mass is 16.5. The number of rotatable bonds is 5. The predicted molar refractivity (Wildman–Crippen MR) is 109 cm³/mol. The number of para-hydroxylation sites is 2. The Morgan fingerprint density at radius 3 is 2.50 bits per heavy atom. The average Bonchev–Trinajstić information content (AvgIpc) is 2.74. The van der Waals surface area contributed by atoms with Gasteiger partial charge in [0.25, 0.3) is 0 Å². The second-order valence-corrected chi connectivity index (χ2v) is 6.13. The number of methoxy groups -OCH3 is 2. The van der Waals surface area contributed by atoms with Gasteiger partial charge in [0.05, 0.1) is 25.3 Å². The van der Waals surface area contributed by atoms with Gasteiger partial charge in [-0.05, 0) is 36.4 Å². The van der Waals surface area contributed by atoms with Crippen molar-refractivity contribution < 1.29 is 14.6 Å². The first-order valence-electron chi connectivity index (χ1n) is 8.74. The zero-order valence-electron chi connectivity index (χ0n) is 15.5. The van der Waals surface area contributed by atoms with Crippen LogP contribution in [0.4, 0.5) is 11.5 Å². The summed E-state index contributed by atoms with van der Waals surface area (Å²) in [6.45, 7) is 0. The van der Waals surface area contributed by atoms with Crippen LogP contribution in [0.2, 0.25) is 0 Å². The zero-order valence-corrected chi connectivity index (χ0v) is 15.5. The molecule has 4 rings (SSSR count). The molecule has 1 heterocycles. The quantitative estimate of drug-likeness (QED) is 0.525. The predicted octanol–water partition coefficient (Wildman–Crippen LogP) is 4.76. The molecule has 2 N–H and O–H groups in total. The Bertz CT molecular complexity index is 1140. The molecule has 4 aromatic rings. The molecule has 0 aliphatic carbocycles. The molecule has 0 aliphatic heterocycles. The molecule has 0 saturated carbocycles. The molecule has 0 spiro atoms. The van der Waals surface area contributed by atoms with Crippen molar-refractivity contribution in [2.45, 2.75) is 0 Å².